The lowest BCUT2D eigenvalue weighted by atomic mass is 10.0. The molecule has 1 aromatic heterocycles. The maximum atomic E-state index is 3.29. The van der Waals surface area contributed by atoms with Crippen molar-refractivity contribution in [3.05, 3.63) is 23.5 Å². The zero-order valence-electron chi connectivity index (χ0n) is 13.8. The van der Waals surface area contributed by atoms with Crippen molar-refractivity contribution in [1.82, 2.24) is 4.98 Å². The van der Waals surface area contributed by atoms with Crippen LogP contribution in [0.4, 0.5) is 0 Å². The van der Waals surface area contributed by atoms with Gasteiger partial charge in [0.2, 0.25) is 0 Å². The number of unbranched alkanes of at least 4 members (excludes halogenated alkanes) is 9. The minimum absolute atomic E-state index is 1.26. The zero-order chi connectivity index (χ0) is 14.5. The molecule has 1 heterocycles. The summed E-state index contributed by atoms with van der Waals surface area (Å²) in [6.45, 7) is 4.56. The quantitative estimate of drug-likeness (QED) is 0.400. The number of nitrogens with one attached hydrogen (secondary N) is 1. The molecule has 20 heavy (non-hydrogen) atoms. The predicted octanol–water partition coefficient (Wildman–Crippen LogP) is 6.43. The van der Waals surface area contributed by atoms with Gasteiger partial charge in [0, 0.05) is 12.4 Å². The van der Waals surface area contributed by atoms with E-state index in [1.54, 1.807) is 11.1 Å². The average Bonchev–Trinajstić information content (AvgIpc) is 2.91. The highest BCUT2D eigenvalue weighted by Crippen LogP contribution is 2.16. The Labute approximate surface area is 126 Å². The van der Waals surface area contributed by atoms with Crippen molar-refractivity contribution in [2.45, 2.75) is 97.3 Å². The summed E-state index contributed by atoms with van der Waals surface area (Å²) in [5, 5.41) is 0. The lowest BCUT2D eigenvalue weighted by Crippen LogP contribution is -1.91. The first-order chi connectivity index (χ1) is 9.88. The second-order valence-electron chi connectivity index (χ2n) is 6.19. The monoisotopic (exact) mass is 277 g/mol. The van der Waals surface area contributed by atoms with Crippen molar-refractivity contribution in [3.8, 4) is 0 Å². The highest BCUT2D eigenvalue weighted by atomic mass is 14.6. The van der Waals surface area contributed by atoms with Crippen molar-refractivity contribution < 1.29 is 0 Å². The molecule has 0 aliphatic carbocycles. The molecule has 116 valence electrons. The minimum Gasteiger partial charge on any atom is -0.367 e. The Hall–Kier alpha value is -0.720. The smallest absolute Gasteiger partial charge is 0.00401 e. The van der Waals surface area contributed by atoms with Crippen LogP contribution in [-0.2, 0) is 12.8 Å². The summed E-state index contributed by atoms with van der Waals surface area (Å²) in [6.07, 6.45) is 22.4. The molecule has 1 N–H and O–H groups in total. The van der Waals surface area contributed by atoms with Crippen LogP contribution in [0.25, 0.3) is 0 Å². The van der Waals surface area contributed by atoms with Crippen LogP contribution in [0.1, 0.15) is 95.6 Å². The van der Waals surface area contributed by atoms with E-state index in [4.69, 9.17) is 0 Å². The van der Waals surface area contributed by atoms with Crippen molar-refractivity contribution in [3.63, 3.8) is 0 Å². The normalized spacial score (nSPS) is 11.1. The summed E-state index contributed by atoms with van der Waals surface area (Å²) in [6, 6.07) is 0. The van der Waals surface area contributed by atoms with Gasteiger partial charge < -0.3 is 4.98 Å². The van der Waals surface area contributed by atoms with Crippen LogP contribution in [-0.4, -0.2) is 4.98 Å². The fourth-order valence-electron chi connectivity index (χ4n) is 2.89. The Balaban J connectivity index is 1.99. The van der Waals surface area contributed by atoms with Crippen LogP contribution in [0.3, 0.4) is 0 Å². The molecule has 0 unspecified atom stereocenters. The van der Waals surface area contributed by atoms with Gasteiger partial charge in [-0.3, -0.25) is 0 Å². The molecule has 0 radical (unpaired) electrons. The van der Waals surface area contributed by atoms with Gasteiger partial charge in [-0.2, -0.15) is 0 Å². The number of rotatable bonds is 13. The van der Waals surface area contributed by atoms with Crippen LogP contribution >= 0.6 is 0 Å². The minimum atomic E-state index is 1.26. The molecule has 0 bridgehead atoms. The van der Waals surface area contributed by atoms with Gasteiger partial charge in [0.25, 0.3) is 0 Å². The largest absolute Gasteiger partial charge is 0.367 e. The SMILES string of the molecule is CCCCCCCCCCCc1c[nH]cc1CCCC. The number of hydrogen-bond acceptors (Lipinski definition) is 0. The first kappa shape index (κ1) is 17.3. The van der Waals surface area contributed by atoms with Gasteiger partial charge in [0.1, 0.15) is 0 Å². The van der Waals surface area contributed by atoms with E-state index in [-0.39, 0.29) is 0 Å². The van der Waals surface area contributed by atoms with Crippen LogP contribution < -0.4 is 0 Å². The Morgan fingerprint density at radius 3 is 1.60 bits per heavy atom. The molecule has 0 spiro atoms. The summed E-state index contributed by atoms with van der Waals surface area (Å²) >= 11 is 0. The molecule has 0 amide bonds. The molecule has 0 aliphatic heterocycles. The second kappa shape index (κ2) is 12.1. The van der Waals surface area contributed by atoms with E-state index in [0.29, 0.717) is 0 Å². The number of H-pyrrole nitrogens is 1. The Kier molecular flexibility index (Phi) is 10.4. The van der Waals surface area contributed by atoms with Crippen LogP contribution in [0.2, 0.25) is 0 Å². The average molecular weight is 277 g/mol. The van der Waals surface area contributed by atoms with E-state index in [9.17, 15) is 0 Å². The van der Waals surface area contributed by atoms with E-state index < -0.39 is 0 Å². The summed E-state index contributed by atoms with van der Waals surface area (Å²) < 4.78 is 0. The molecular formula is C19H35N. The fraction of sp³-hybridized carbons (Fsp3) is 0.789. The maximum absolute atomic E-state index is 3.29. The van der Waals surface area contributed by atoms with Crippen molar-refractivity contribution in [2.24, 2.45) is 0 Å². The second-order valence-corrected chi connectivity index (χ2v) is 6.19. The van der Waals surface area contributed by atoms with E-state index in [1.165, 1.54) is 83.5 Å². The third kappa shape index (κ3) is 7.77. The maximum Gasteiger partial charge on any atom is 0.00401 e. The van der Waals surface area contributed by atoms with Crippen LogP contribution in [0.15, 0.2) is 12.4 Å². The van der Waals surface area contributed by atoms with Gasteiger partial charge in [-0.05, 0) is 36.8 Å². The number of hydrogen-bond donors (Lipinski definition) is 1. The van der Waals surface area contributed by atoms with E-state index in [0.717, 1.165) is 0 Å². The topological polar surface area (TPSA) is 15.8 Å². The first-order valence-corrected chi connectivity index (χ1v) is 9.03. The number of aromatic amines is 1. The van der Waals surface area contributed by atoms with E-state index in [2.05, 4.69) is 31.2 Å². The van der Waals surface area contributed by atoms with E-state index >= 15 is 0 Å². The fourth-order valence-corrected chi connectivity index (χ4v) is 2.89. The summed E-state index contributed by atoms with van der Waals surface area (Å²) in [5.41, 5.74) is 3.13. The molecule has 1 nitrogen and oxygen atoms in total. The zero-order valence-corrected chi connectivity index (χ0v) is 13.8. The van der Waals surface area contributed by atoms with Crippen LogP contribution in [0.5, 0.6) is 0 Å². The summed E-state index contributed by atoms with van der Waals surface area (Å²) in [7, 11) is 0. The van der Waals surface area contributed by atoms with E-state index in [1.807, 2.05) is 0 Å². The standard InChI is InChI=1S/C19H35N/c1-3-5-7-8-9-10-11-12-13-15-19-17-20-16-18(19)14-6-4-2/h16-17,20H,3-15H2,1-2H3. The molecule has 0 saturated heterocycles. The Bertz CT molecular complexity index is 313. The van der Waals surface area contributed by atoms with Crippen molar-refractivity contribution >= 4 is 0 Å². The van der Waals surface area contributed by atoms with Gasteiger partial charge in [-0.15, -0.1) is 0 Å². The highest BCUT2D eigenvalue weighted by Gasteiger charge is 2.03. The molecule has 1 rings (SSSR count). The molecule has 1 aromatic rings. The Morgan fingerprint density at radius 2 is 1.05 bits per heavy atom. The lowest BCUT2D eigenvalue weighted by Gasteiger charge is -2.04. The molecule has 0 atom stereocenters. The summed E-state index contributed by atoms with van der Waals surface area (Å²) in [4.78, 5) is 3.29. The lowest BCUT2D eigenvalue weighted by molar-refractivity contribution is 0.564. The molecule has 1 heteroatoms. The van der Waals surface area contributed by atoms with Crippen LogP contribution in [0, 0.1) is 0 Å². The third-order valence-corrected chi connectivity index (χ3v) is 4.28. The predicted molar refractivity (Wildman–Crippen MR) is 90.3 cm³/mol. The van der Waals surface area contributed by atoms with Crippen molar-refractivity contribution in [1.29, 1.82) is 0 Å². The third-order valence-electron chi connectivity index (χ3n) is 4.28. The van der Waals surface area contributed by atoms with Crippen molar-refractivity contribution in [2.75, 3.05) is 0 Å². The van der Waals surface area contributed by atoms with Gasteiger partial charge in [0.15, 0.2) is 0 Å². The number of aromatic nitrogens is 1. The van der Waals surface area contributed by atoms with Gasteiger partial charge in [-0.1, -0.05) is 71.6 Å². The van der Waals surface area contributed by atoms with Gasteiger partial charge >= 0.3 is 0 Å². The molecule has 0 aliphatic rings. The van der Waals surface area contributed by atoms with Gasteiger partial charge in [0.05, 0.1) is 0 Å². The molecule has 0 saturated carbocycles. The molecular weight excluding hydrogens is 242 g/mol. The molecule has 0 aromatic carbocycles. The van der Waals surface area contributed by atoms with Gasteiger partial charge in [-0.25, -0.2) is 0 Å². The molecule has 0 fully saturated rings. The highest BCUT2D eigenvalue weighted by molar-refractivity contribution is 5.23. The first-order valence-electron chi connectivity index (χ1n) is 9.03. The summed E-state index contributed by atoms with van der Waals surface area (Å²) in [5.74, 6) is 0. The number of aryl methyl sites for hydroxylation is 2. The Morgan fingerprint density at radius 1 is 0.600 bits per heavy atom.